The van der Waals surface area contributed by atoms with Crippen LogP contribution in [-0.2, 0) is 4.74 Å². The normalized spacial score (nSPS) is 20.3. The van der Waals surface area contributed by atoms with Gasteiger partial charge in [-0.3, -0.25) is 4.79 Å². The van der Waals surface area contributed by atoms with Crippen molar-refractivity contribution in [1.29, 1.82) is 0 Å². The van der Waals surface area contributed by atoms with Gasteiger partial charge in [0.05, 0.1) is 30.4 Å². The summed E-state index contributed by atoms with van der Waals surface area (Å²) in [4.78, 5) is 42.7. The molecule has 45 heavy (non-hydrogen) atoms. The molecule has 0 aliphatic carbocycles. The van der Waals surface area contributed by atoms with Crippen LogP contribution in [0.3, 0.4) is 0 Å². The van der Waals surface area contributed by atoms with E-state index in [1.54, 1.807) is 37.1 Å². The van der Waals surface area contributed by atoms with Gasteiger partial charge in [0.25, 0.3) is 5.91 Å². The van der Waals surface area contributed by atoms with Gasteiger partial charge in [0, 0.05) is 50.1 Å². The zero-order valence-corrected chi connectivity index (χ0v) is 27.1. The van der Waals surface area contributed by atoms with Crippen molar-refractivity contribution in [2.75, 3.05) is 44.0 Å². The van der Waals surface area contributed by atoms with Crippen molar-refractivity contribution >= 4 is 29.3 Å². The molecular formula is C33H48FN5O6. The van der Waals surface area contributed by atoms with Crippen LogP contribution in [-0.4, -0.2) is 90.5 Å². The maximum Gasteiger partial charge on any atom is 0.321 e. The van der Waals surface area contributed by atoms with Crippen molar-refractivity contribution in [3.8, 4) is 5.75 Å². The summed E-state index contributed by atoms with van der Waals surface area (Å²) in [7, 11) is 1.65. The van der Waals surface area contributed by atoms with E-state index < -0.39 is 24.0 Å². The van der Waals surface area contributed by atoms with Crippen LogP contribution < -0.4 is 20.7 Å². The third kappa shape index (κ3) is 10.9. The lowest BCUT2D eigenvalue weighted by molar-refractivity contribution is -0.0115. The number of hydrogen-bond donors (Lipinski definition) is 4. The Bertz CT molecular complexity index is 1280. The van der Waals surface area contributed by atoms with Gasteiger partial charge in [0.1, 0.15) is 11.6 Å². The minimum Gasteiger partial charge on any atom is -0.490 e. The fourth-order valence-electron chi connectivity index (χ4n) is 5.00. The van der Waals surface area contributed by atoms with Crippen molar-refractivity contribution in [1.82, 2.24) is 15.1 Å². The number of urea groups is 2. The van der Waals surface area contributed by atoms with Crippen LogP contribution in [0.1, 0.15) is 64.2 Å². The number of rotatable bonds is 7. The van der Waals surface area contributed by atoms with E-state index in [0.717, 1.165) is 19.3 Å². The van der Waals surface area contributed by atoms with Crippen molar-refractivity contribution in [2.45, 2.75) is 78.2 Å². The Labute approximate surface area is 265 Å². The number of hydrogen-bond acceptors (Lipinski definition) is 6. The van der Waals surface area contributed by atoms with Gasteiger partial charge < -0.3 is 40.3 Å². The average molecular weight is 630 g/mol. The number of halogens is 1. The molecule has 12 heteroatoms. The molecule has 0 fully saturated rings. The molecule has 0 aromatic heterocycles. The molecule has 1 aliphatic heterocycles. The third-order valence-corrected chi connectivity index (χ3v) is 7.63. The Morgan fingerprint density at radius 2 is 1.76 bits per heavy atom. The van der Waals surface area contributed by atoms with Crippen molar-refractivity contribution < 1.29 is 33.4 Å². The number of likely N-dealkylation sites (N-methyl/N-ethyl adjacent to an activating group) is 1. The summed E-state index contributed by atoms with van der Waals surface area (Å²) in [5.74, 6) is -0.607. The molecule has 2 aromatic carbocycles. The van der Waals surface area contributed by atoms with E-state index >= 15 is 0 Å². The van der Waals surface area contributed by atoms with Crippen LogP contribution in [0.5, 0.6) is 5.75 Å². The second kappa shape index (κ2) is 17.0. The number of carbonyl (C=O) groups is 3. The van der Waals surface area contributed by atoms with Gasteiger partial charge in [0.15, 0.2) is 0 Å². The van der Waals surface area contributed by atoms with Crippen molar-refractivity contribution in [3.05, 3.63) is 53.8 Å². The van der Waals surface area contributed by atoms with E-state index in [1.807, 2.05) is 27.7 Å². The molecule has 0 spiro atoms. The zero-order valence-electron chi connectivity index (χ0n) is 27.1. The molecule has 11 nitrogen and oxygen atoms in total. The Morgan fingerprint density at radius 3 is 2.42 bits per heavy atom. The maximum atomic E-state index is 14.2. The Kier molecular flexibility index (Phi) is 13.4. The van der Waals surface area contributed by atoms with E-state index in [-0.39, 0.29) is 55.3 Å². The number of aliphatic hydroxyl groups excluding tert-OH is 1. The summed E-state index contributed by atoms with van der Waals surface area (Å²) in [6, 6.07) is 9.12. The first-order valence-corrected chi connectivity index (χ1v) is 15.6. The highest BCUT2D eigenvalue weighted by Gasteiger charge is 2.31. The predicted octanol–water partition coefficient (Wildman–Crippen LogP) is 5.32. The fourth-order valence-corrected chi connectivity index (χ4v) is 5.00. The largest absolute Gasteiger partial charge is 0.490 e. The van der Waals surface area contributed by atoms with Gasteiger partial charge in [-0.2, -0.15) is 0 Å². The van der Waals surface area contributed by atoms with E-state index in [4.69, 9.17) is 9.47 Å². The van der Waals surface area contributed by atoms with Gasteiger partial charge in [0.2, 0.25) is 0 Å². The maximum absolute atomic E-state index is 14.2. The first-order valence-electron chi connectivity index (χ1n) is 15.6. The molecular weight excluding hydrogens is 581 g/mol. The minimum absolute atomic E-state index is 0.0707. The predicted molar refractivity (Wildman–Crippen MR) is 172 cm³/mol. The van der Waals surface area contributed by atoms with Gasteiger partial charge in [-0.1, -0.05) is 6.92 Å². The number of aliphatic hydroxyl groups is 1. The van der Waals surface area contributed by atoms with Crippen LogP contribution >= 0.6 is 0 Å². The molecule has 3 rings (SSSR count). The molecule has 2 aromatic rings. The Hall–Kier alpha value is -3.90. The lowest BCUT2D eigenvalue weighted by Crippen LogP contribution is -2.48. The molecule has 0 saturated heterocycles. The highest BCUT2D eigenvalue weighted by atomic mass is 19.1. The molecule has 4 N–H and O–H groups in total. The standard InChI is InChI=1S/C33H48FN5O6/c1-21(2)35-32(42)36-27-14-15-29-28(17-27)31(41)39(23(4)20-40)18-22(3)30(44-16-8-7-9-24(5)45-29)19-38(6)33(43)37-26-12-10-25(34)11-13-26/h10-15,17,21-24,30,40H,7-9,16,18-20H2,1-6H3,(H,37,43)(H2,35,36,42)/t22-,23-,24+,30-/m0/s1. The van der Waals surface area contributed by atoms with Gasteiger partial charge in [-0.05, 0) is 89.4 Å². The number of amides is 5. The molecule has 0 radical (unpaired) electrons. The zero-order chi connectivity index (χ0) is 33.1. The summed E-state index contributed by atoms with van der Waals surface area (Å²) in [6.07, 6.45) is 1.71. The Morgan fingerprint density at radius 1 is 1.07 bits per heavy atom. The second-order valence-corrected chi connectivity index (χ2v) is 12.1. The number of ether oxygens (including phenoxy) is 2. The summed E-state index contributed by atoms with van der Waals surface area (Å²) in [5.41, 5.74) is 1.16. The van der Waals surface area contributed by atoms with Gasteiger partial charge in [-0.15, -0.1) is 0 Å². The highest BCUT2D eigenvalue weighted by Crippen LogP contribution is 2.28. The average Bonchev–Trinajstić information content (AvgIpc) is 2.99. The van der Waals surface area contributed by atoms with Crippen LogP contribution in [0, 0.1) is 11.7 Å². The molecule has 5 amide bonds. The molecule has 0 unspecified atom stereocenters. The minimum atomic E-state index is -0.542. The third-order valence-electron chi connectivity index (χ3n) is 7.63. The van der Waals surface area contributed by atoms with Gasteiger partial charge >= 0.3 is 12.1 Å². The molecule has 1 heterocycles. The highest BCUT2D eigenvalue weighted by molar-refractivity contribution is 5.99. The number of nitrogens with one attached hydrogen (secondary N) is 3. The van der Waals surface area contributed by atoms with E-state index in [9.17, 15) is 23.9 Å². The first kappa shape index (κ1) is 35.6. The first-order chi connectivity index (χ1) is 21.4. The van der Waals surface area contributed by atoms with Crippen molar-refractivity contribution in [2.24, 2.45) is 5.92 Å². The SMILES string of the molecule is CC(C)NC(=O)Nc1ccc2c(c1)C(=O)N([C@@H](C)CO)C[C@H](C)[C@H](CN(C)C(=O)Nc1ccc(F)cc1)OCCCC[C@@H](C)O2. The van der Waals surface area contributed by atoms with Crippen LogP contribution in [0.4, 0.5) is 25.4 Å². The number of benzene rings is 2. The molecule has 0 saturated carbocycles. The molecule has 248 valence electrons. The summed E-state index contributed by atoms with van der Waals surface area (Å²) in [5, 5.41) is 18.5. The Balaban J connectivity index is 1.88. The summed E-state index contributed by atoms with van der Waals surface area (Å²) >= 11 is 0. The van der Waals surface area contributed by atoms with Crippen LogP contribution in [0.2, 0.25) is 0 Å². The smallest absolute Gasteiger partial charge is 0.321 e. The molecule has 0 bridgehead atoms. The van der Waals surface area contributed by atoms with Crippen molar-refractivity contribution in [3.63, 3.8) is 0 Å². The van der Waals surface area contributed by atoms with E-state index in [2.05, 4.69) is 16.0 Å². The fraction of sp³-hybridized carbons (Fsp3) is 0.545. The molecule has 4 atom stereocenters. The number of carbonyl (C=O) groups excluding carboxylic acids is 3. The van der Waals surface area contributed by atoms with Crippen LogP contribution in [0.15, 0.2) is 42.5 Å². The molecule has 1 aliphatic rings. The monoisotopic (exact) mass is 629 g/mol. The summed E-state index contributed by atoms with van der Waals surface area (Å²) < 4.78 is 25.9. The van der Waals surface area contributed by atoms with Gasteiger partial charge in [-0.25, -0.2) is 14.0 Å². The number of anilines is 2. The van der Waals surface area contributed by atoms with E-state index in [1.165, 1.54) is 29.2 Å². The lowest BCUT2D eigenvalue weighted by Gasteiger charge is -2.35. The quantitative estimate of drug-likeness (QED) is 0.328. The van der Waals surface area contributed by atoms with Crippen LogP contribution in [0.25, 0.3) is 0 Å². The number of nitrogens with zero attached hydrogens (tertiary/aromatic N) is 2. The van der Waals surface area contributed by atoms with E-state index in [0.29, 0.717) is 23.7 Å². The summed E-state index contributed by atoms with van der Waals surface area (Å²) in [6.45, 7) is 9.99. The lowest BCUT2D eigenvalue weighted by atomic mass is 10.0. The number of fused-ring (bicyclic) bond motifs is 1. The topological polar surface area (TPSA) is 132 Å². The second-order valence-electron chi connectivity index (χ2n) is 12.1.